The van der Waals surface area contributed by atoms with Gasteiger partial charge in [0.05, 0.1) is 5.41 Å². The Bertz CT molecular complexity index is 386. The third-order valence-corrected chi connectivity index (χ3v) is 5.06. The molecular formula is C17H30N2O. The number of rotatable bonds is 2. The molecule has 3 heteroatoms. The maximum absolute atomic E-state index is 12.9. The molecule has 0 spiro atoms. The van der Waals surface area contributed by atoms with Gasteiger partial charge in [0.25, 0.3) is 0 Å². The molecule has 2 aliphatic heterocycles. The summed E-state index contributed by atoms with van der Waals surface area (Å²) in [5.74, 6) is 0.372. The zero-order valence-electron chi connectivity index (χ0n) is 13.6. The number of hydrogen-bond donors (Lipinski definition) is 1. The highest BCUT2D eigenvalue weighted by Gasteiger charge is 2.41. The zero-order valence-corrected chi connectivity index (χ0v) is 13.6. The normalized spacial score (nSPS) is 28.2. The number of piperidine rings is 1. The van der Waals surface area contributed by atoms with E-state index in [4.69, 9.17) is 0 Å². The van der Waals surface area contributed by atoms with Crippen molar-refractivity contribution in [2.24, 2.45) is 10.8 Å². The van der Waals surface area contributed by atoms with E-state index in [1.165, 1.54) is 5.57 Å². The van der Waals surface area contributed by atoms with Crippen LogP contribution >= 0.6 is 0 Å². The van der Waals surface area contributed by atoms with Crippen LogP contribution in [-0.2, 0) is 4.79 Å². The van der Waals surface area contributed by atoms with Gasteiger partial charge in [-0.15, -0.1) is 0 Å². The second-order valence-corrected chi connectivity index (χ2v) is 7.39. The molecule has 1 fully saturated rings. The molecule has 1 saturated heterocycles. The Hall–Kier alpha value is -0.830. The summed E-state index contributed by atoms with van der Waals surface area (Å²) in [7, 11) is 0. The van der Waals surface area contributed by atoms with E-state index in [1.54, 1.807) is 0 Å². The van der Waals surface area contributed by atoms with Gasteiger partial charge in [0.1, 0.15) is 0 Å². The molecule has 2 heterocycles. The molecule has 0 aromatic rings. The summed E-state index contributed by atoms with van der Waals surface area (Å²) in [5.41, 5.74) is 1.59. The molecule has 0 aromatic heterocycles. The van der Waals surface area contributed by atoms with Crippen molar-refractivity contribution in [1.82, 2.24) is 10.2 Å². The van der Waals surface area contributed by atoms with Crippen LogP contribution < -0.4 is 5.32 Å². The first-order valence-electron chi connectivity index (χ1n) is 8.09. The number of nitrogens with zero attached hydrogens (tertiary/aromatic N) is 1. The molecule has 3 nitrogen and oxygen atoms in total. The Morgan fingerprint density at radius 2 is 2.20 bits per heavy atom. The third-order valence-electron chi connectivity index (χ3n) is 5.06. The summed E-state index contributed by atoms with van der Waals surface area (Å²) in [6, 6.07) is 0. The van der Waals surface area contributed by atoms with E-state index in [2.05, 4.69) is 44.0 Å². The fourth-order valence-electron chi connectivity index (χ4n) is 3.47. The Morgan fingerprint density at radius 1 is 1.45 bits per heavy atom. The van der Waals surface area contributed by atoms with E-state index < -0.39 is 0 Å². The van der Waals surface area contributed by atoms with E-state index in [0.29, 0.717) is 5.91 Å². The van der Waals surface area contributed by atoms with Gasteiger partial charge in [0.15, 0.2) is 0 Å². The van der Waals surface area contributed by atoms with Crippen molar-refractivity contribution in [1.29, 1.82) is 0 Å². The van der Waals surface area contributed by atoms with Crippen LogP contribution in [0.15, 0.2) is 11.6 Å². The monoisotopic (exact) mass is 278 g/mol. The molecule has 2 rings (SSSR count). The van der Waals surface area contributed by atoms with Crippen molar-refractivity contribution in [2.75, 3.05) is 26.2 Å². The molecule has 1 amide bonds. The molecule has 0 aliphatic carbocycles. The predicted octanol–water partition coefficient (Wildman–Crippen LogP) is 2.97. The van der Waals surface area contributed by atoms with Gasteiger partial charge in [-0.1, -0.05) is 39.3 Å². The first-order valence-corrected chi connectivity index (χ1v) is 8.09. The minimum Gasteiger partial charge on any atom is -0.338 e. The van der Waals surface area contributed by atoms with Gasteiger partial charge in [-0.05, 0) is 37.6 Å². The van der Waals surface area contributed by atoms with Crippen molar-refractivity contribution in [2.45, 2.75) is 53.4 Å². The molecule has 0 aromatic carbocycles. The lowest BCUT2D eigenvalue weighted by atomic mass is 9.76. The molecule has 1 N–H and O–H groups in total. The SMILES string of the molecule is CCC1(C(=O)N2CC=C(C(C)(C)C)CC2)CCCNC1. The highest BCUT2D eigenvalue weighted by molar-refractivity contribution is 5.83. The molecule has 1 unspecified atom stereocenters. The Labute approximate surface area is 123 Å². The molecule has 0 radical (unpaired) electrons. The number of hydrogen-bond acceptors (Lipinski definition) is 2. The van der Waals surface area contributed by atoms with Gasteiger partial charge < -0.3 is 10.2 Å². The van der Waals surface area contributed by atoms with Gasteiger partial charge >= 0.3 is 0 Å². The van der Waals surface area contributed by atoms with Crippen LogP contribution in [0, 0.1) is 10.8 Å². The lowest BCUT2D eigenvalue weighted by Crippen LogP contribution is -2.52. The Balaban J connectivity index is 2.06. The van der Waals surface area contributed by atoms with E-state index in [-0.39, 0.29) is 10.8 Å². The summed E-state index contributed by atoms with van der Waals surface area (Å²) in [6.07, 6.45) is 6.42. The fourth-order valence-corrected chi connectivity index (χ4v) is 3.47. The van der Waals surface area contributed by atoms with Gasteiger partial charge in [0.2, 0.25) is 5.91 Å². The van der Waals surface area contributed by atoms with E-state index in [1.807, 2.05) is 0 Å². The van der Waals surface area contributed by atoms with Crippen LogP contribution in [0.2, 0.25) is 0 Å². The quantitative estimate of drug-likeness (QED) is 0.788. The molecule has 2 aliphatic rings. The number of carbonyl (C=O) groups is 1. The smallest absolute Gasteiger partial charge is 0.230 e. The van der Waals surface area contributed by atoms with E-state index in [9.17, 15) is 4.79 Å². The fraction of sp³-hybridized carbons (Fsp3) is 0.824. The largest absolute Gasteiger partial charge is 0.338 e. The number of carbonyl (C=O) groups excluding carboxylic acids is 1. The molecule has 20 heavy (non-hydrogen) atoms. The van der Waals surface area contributed by atoms with Crippen LogP contribution in [0.3, 0.4) is 0 Å². The summed E-state index contributed by atoms with van der Waals surface area (Å²) in [5, 5.41) is 3.42. The van der Waals surface area contributed by atoms with Crippen molar-refractivity contribution in [3.63, 3.8) is 0 Å². The second-order valence-electron chi connectivity index (χ2n) is 7.39. The summed E-state index contributed by atoms with van der Waals surface area (Å²) in [4.78, 5) is 15.0. The van der Waals surface area contributed by atoms with Crippen molar-refractivity contribution < 1.29 is 4.79 Å². The summed E-state index contributed by atoms with van der Waals surface area (Å²) < 4.78 is 0. The topological polar surface area (TPSA) is 32.3 Å². The minimum absolute atomic E-state index is 0.147. The van der Waals surface area contributed by atoms with Crippen LogP contribution in [0.4, 0.5) is 0 Å². The maximum atomic E-state index is 12.9. The van der Waals surface area contributed by atoms with Gasteiger partial charge in [-0.3, -0.25) is 4.79 Å². The third kappa shape index (κ3) is 3.08. The van der Waals surface area contributed by atoms with E-state index in [0.717, 1.165) is 51.9 Å². The molecule has 114 valence electrons. The molecule has 1 atom stereocenters. The van der Waals surface area contributed by atoms with Crippen molar-refractivity contribution in [3.05, 3.63) is 11.6 Å². The lowest BCUT2D eigenvalue weighted by Gasteiger charge is -2.41. The predicted molar refractivity (Wildman–Crippen MR) is 83.6 cm³/mol. The average Bonchev–Trinajstić information content (AvgIpc) is 2.46. The van der Waals surface area contributed by atoms with Crippen LogP contribution in [0.5, 0.6) is 0 Å². The summed E-state index contributed by atoms with van der Waals surface area (Å²) in [6.45, 7) is 12.5. The number of amides is 1. The van der Waals surface area contributed by atoms with Gasteiger partial charge in [-0.2, -0.15) is 0 Å². The second kappa shape index (κ2) is 5.88. The Morgan fingerprint density at radius 3 is 2.65 bits per heavy atom. The lowest BCUT2D eigenvalue weighted by molar-refractivity contribution is -0.143. The van der Waals surface area contributed by atoms with Crippen LogP contribution in [0.1, 0.15) is 53.4 Å². The van der Waals surface area contributed by atoms with Gasteiger partial charge in [-0.25, -0.2) is 0 Å². The van der Waals surface area contributed by atoms with E-state index >= 15 is 0 Å². The average molecular weight is 278 g/mol. The molecule has 0 bridgehead atoms. The molecule has 0 saturated carbocycles. The highest BCUT2D eigenvalue weighted by Crippen LogP contribution is 2.35. The zero-order chi connectivity index (χ0) is 14.8. The minimum atomic E-state index is -0.147. The number of nitrogens with one attached hydrogen (secondary N) is 1. The van der Waals surface area contributed by atoms with Crippen LogP contribution in [0.25, 0.3) is 0 Å². The first kappa shape index (κ1) is 15.6. The summed E-state index contributed by atoms with van der Waals surface area (Å²) >= 11 is 0. The van der Waals surface area contributed by atoms with Gasteiger partial charge in [0, 0.05) is 19.6 Å². The standard InChI is InChI=1S/C17H30N2O/c1-5-17(9-6-10-18-13-17)15(20)19-11-7-14(8-12-19)16(2,3)4/h7,18H,5-6,8-13H2,1-4H3. The Kier molecular flexibility index (Phi) is 4.58. The van der Waals surface area contributed by atoms with Crippen molar-refractivity contribution in [3.8, 4) is 0 Å². The maximum Gasteiger partial charge on any atom is 0.230 e. The van der Waals surface area contributed by atoms with Crippen molar-refractivity contribution >= 4 is 5.91 Å². The molecular weight excluding hydrogens is 248 g/mol. The highest BCUT2D eigenvalue weighted by atomic mass is 16.2. The first-order chi connectivity index (χ1) is 9.39. The van der Waals surface area contributed by atoms with Crippen LogP contribution in [-0.4, -0.2) is 37.0 Å².